The van der Waals surface area contributed by atoms with Crippen molar-refractivity contribution in [1.29, 1.82) is 0 Å². The van der Waals surface area contributed by atoms with E-state index in [4.69, 9.17) is 14.2 Å². The molecular weight excluding hydrogens is 396 g/mol. The molecule has 2 N–H and O–H groups in total. The van der Waals surface area contributed by atoms with Crippen LogP contribution >= 0.6 is 0 Å². The molecular formula is C24H28N2O5. The molecule has 0 saturated carbocycles. The number of nitrogens with zero attached hydrogens (tertiary/aromatic N) is 1. The van der Waals surface area contributed by atoms with Crippen molar-refractivity contribution >= 4 is 16.8 Å². The van der Waals surface area contributed by atoms with Gasteiger partial charge in [-0.05, 0) is 36.2 Å². The maximum absolute atomic E-state index is 13.5. The van der Waals surface area contributed by atoms with Crippen molar-refractivity contribution < 1.29 is 24.1 Å². The predicted molar refractivity (Wildman–Crippen MR) is 118 cm³/mol. The monoisotopic (exact) mass is 424 g/mol. The number of aliphatic hydroxyl groups is 1. The van der Waals surface area contributed by atoms with Gasteiger partial charge in [0.25, 0.3) is 0 Å². The number of ether oxygens (including phenoxy) is 3. The first kappa shape index (κ1) is 21.2. The summed E-state index contributed by atoms with van der Waals surface area (Å²) in [5, 5.41) is 11.0. The summed E-state index contributed by atoms with van der Waals surface area (Å²) in [4.78, 5) is 18.7. The van der Waals surface area contributed by atoms with E-state index in [1.54, 1.807) is 14.2 Å². The first-order valence-electron chi connectivity index (χ1n) is 10.4. The molecule has 31 heavy (non-hydrogen) atoms. The van der Waals surface area contributed by atoms with Crippen LogP contribution in [0.15, 0.2) is 42.5 Å². The van der Waals surface area contributed by atoms with E-state index in [-0.39, 0.29) is 18.9 Å². The Bertz CT molecular complexity index is 1080. The Morgan fingerprint density at radius 1 is 1.19 bits per heavy atom. The highest BCUT2D eigenvalue weighted by Gasteiger charge is 2.36. The number of morpholine rings is 1. The van der Waals surface area contributed by atoms with E-state index in [0.29, 0.717) is 24.7 Å². The number of H-pyrrole nitrogens is 1. The van der Waals surface area contributed by atoms with Crippen LogP contribution in [0.2, 0.25) is 0 Å². The molecule has 164 valence electrons. The highest BCUT2D eigenvalue weighted by molar-refractivity contribution is 5.90. The maximum atomic E-state index is 13.5. The third kappa shape index (κ3) is 3.98. The minimum absolute atomic E-state index is 0.00520. The van der Waals surface area contributed by atoms with Gasteiger partial charge in [-0.25, -0.2) is 0 Å². The van der Waals surface area contributed by atoms with E-state index in [0.717, 1.165) is 27.7 Å². The van der Waals surface area contributed by atoms with Crippen molar-refractivity contribution in [3.05, 3.63) is 59.3 Å². The fraction of sp³-hybridized carbons (Fsp3) is 0.375. The van der Waals surface area contributed by atoms with Gasteiger partial charge < -0.3 is 29.2 Å². The number of aromatic amines is 1. The van der Waals surface area contributed by atoms with Gasteiger partial charge in [0.1, 0.15) is 6.10 Å². The van der Waals surface area contributed by atoms with E-state index in [2.05, 4.69) is 4.98 Å². The molecule has 1 aliphatic rings. The Labute approximate surface area is 181 Å². The third-order valence-electron chi connectivity index (χ3n) is 5.96. The number of para-hydroxylation sites is 1. The molecule has 1 aliphatic heterocycles. The van der Waals surface area contributed by atoms with E-state index < -0.39 is 12.1 Å². The van der Waals surface area contributed by atoms with Crippen LogP contribution in [0.3, 0.4) is 0 Å². The number of fused-ring (bicyclic) bond motifs is 1. The minimum atomic E-state index is -0.514. The highest BCUT2D eigenvalue weighted by Crippen LogP contribution is 2.36. The van der Waals surface area contributed by atoms with Crippen LogP contribution in [0.1, 0.15) is 22.9 Å². The van der Waals surface area contributed by atoms with Gasteiger partial charge in [0, 0.05) is 23.1 Å². The Morgan fingerprint density at radius 3 is 2.71 bits per heavy atom. The zero-order chi connectivity index (χ0) is 22.0. The number of hydrogen-bond donors (Lipinski definition) is 2. The lowest BCUT2D eigenvalue weighted by Gasteiger charge is -2.41. The predicted octanol–water partition coefficient (Wildman–Crippen LogP) is 3.00. The summed E-state index contributed by atoms with van der Waals surface area (Å²) < 4.78 is 16.6. The molecule has 4 rings (SSSR count). The molecule has 0 radical (unpaired) electrons. The Balaban J connectivity index is 1.68. The van der Waals surface area contributed by atoms with Gasteiger partial charge in [0.15, 0.2) is 11.5 Å². The van der Waals surface area contributed by atoms with Crippen LogP contribution in [0.4, 0.5) is 0 Å². The van der Waals surface area contributed by atoms with E-state index >= 15 is 0 Å². The average molecular weight is 424 g/mol. The Morgan fingerprint density at radius 2 is 1.97 bits per heavy atom. The van der Waals surface area contributed by atoms with Gasteiger partial charge in [0.05, 0.1) is 39.9 Å². The van der Waals surface area contributed by atoms with Gasteiger partial charge in [-0.1, -0.05) is 24.3 Å². The molecule has 1 amide bonds. The van der Waals surface area contributed by atoms with Gasteiger partial charge in [-0.3, -0.25) is 4.79 Å². The number of methoxy groups -OCH3 is 2. The molecule has 7 nitrogen and oxygen atoms in total. The van der Waals surface area contributed by atoms with Crippen LogP contribution in [-0.2, 0) is 16.0 Å². The van der Waals surface area contributed by atoms with E-state index in [1.165, 1.54) is 0 Å². The molecule has 0 bridgehead atoms. The number of hydrogen-bond acceptors (Lipinski definition) is 5. The number of rotatable bonds is 6. The van der Waals surface area contributed by atoms with Crippen LogP contribution in [0, 0.1) is 6.92 Å². The van der Waals surface area contributed by atoms with Crippen molar-refractivity contribution in [2.24, 2.45) is 0 Å². The number of amides is 1. The lowest BCUT2D eigenvalue weighted by atomic mass is 9.96. The van der Waals surface area contributed by atoms with Crippen molar-refractivity contribution in [2.75, 3.05) is 34.0 Å². The summed E-state index contributed by atoms with van der Waals surface area (Å²) >= 11 is 0. The maximum Gasteiger partial charge on any atom is 0.227 e. The van der Waals surface area contributed by atoms with Crippen molar-refractivity contribution in [1.82, 2.24) is 9.88 Å². The van der Waals surface area contributed by atoms with E-state index in [1.807, 2.05) is 54.3 Å². The summed E-state index contributed by atoms with van der Waals surface area (Å²) in [6, 6.07) is 13.1. The largest absolute Gasteiger partial charge is 0.493 e. The summed E-state index contributed by atoms with van der Waals surface area (Å²) in [6.45, 7) is 2.64. The normalized spacial score (nSPS) is 18.9. The molecule has 3 aromatic rings. The first-order valence-corrected chi connectivity index (χ1v) is 10.4. The summed E-state index contributed by atoms with van der Waals surface area (Å²) in [5.41, 5.74) is 3.85. The molecule has 0 spiro atoms. The Hall–Kier alpha value is -3.03. The minimum Gasteiger partial charge on any atom is -0.493 e. The average Bonchev–Trinajstić information content (AvgIpc) is 3.12. The summed E-state index contributed by atoms with van der Waals surface area (Å²) in [5.74, 6) is 1.17. The number of carbonyl (C=O) groups excluding carboxylic acids is 1. The number of carbonyl (C=O) groups is 1. The van der Waals surface area contributed by atoms with Crippen LogP contribution < -0.4 is 9.47 Å². The lowest BCUT2D eigenvalue weighted by Crippen LogP contribution is -2.50. The third-order valence-corrected chi connectivity index (χ3v) is 5.96. The molecule has 0 aliphatic carbocycles. The van der Waals surface area contributed by atoms with Gasteiger partial charge in [-0.15, -0.1) is 0 Å². The summed E-state index contributed by atoms with van der Waals surface area (Å²) in [6.07, 6.45) is -0.238. The van der Waals surface area contributed by atoms with E-state index in [9.17, 15) is 9.90 Å². The quantitative estimate of drug-likeness (QED) is 0.636. The second kappa shape index (κ2) is 8.99. The zero-order valence-corrected chi connectivity index (χ0v) is 18.1. The molecule has 1 aromatic heterocycles. The molecule has 7 heteroatoms. The standard InChI is InChI=1S/C24H28N2O5/c1-15-18(17-6-4-5-7-19(17)25-15)13-23(28)26-10-11-31-22(14-27)24(26)16-8-9-20(29-2)21(12-16)30-3/h4-9,12,22,24-25,27H,10-11,13-14H2,1-3H3/t22-,24-/m1/s1. The topological polar surface area (TPSA) is 84.0 Å². The second-order valence-electron chi connectivity index (χ2n) is 7.69. The van der Waals surface area contributed by atoms with Crippen LogP contribution in [0.25, 0.3) is 10.9 Å². The molecule has 2 heterocycles. The number of benzene rings is 2. The van der Waals surface area contributed by atoms with Gasteiger partial charge in [-0.2, -0.15) is 0 Å². The molecule has 2 atom stereocenters. The zero-order valence-electron chi connectivity index (χ0n) is 18.1. The van der Waals surface area contributed by atoms with Gasteiger partial charge >= 0.3 is 0 Å². The smallest absolute Gasteiger partial charge is 0.227 e. The lowest BCUT2D eigenvalue weighted by molar-refractivity contribution is -0.149. The van der Waals surface area contributed by atoms with Gasteiger partial charge in [0.2, 0.25) is 5.91 Å². The molecule has 1 fully saturated rings. The summed E-state index contributed by atoms with van der Waals surface area (Å²) in [7, 11) is 3.16. The molecule has 2 aromatic carbocycles. The van der Waals surface area contributed by atoms with Crippen molar-refractivity contribution in [3.63, 3.8) is 0 Å². The Kier molecular flexibility index (Phi) is 6.15. The van der Waals surface area contributed by atoms with Crippen LogP contribution in [0.5, 0.6) is 11.5 Å². The number of aliphatic hydroxyl groups excluding tert-OH is 1. The highest BCUT2D eigenvalue weighted by atomic mass is 16.5. The fourth-order valence-corrected chi connectivity index (χ4v) is 4.41. The SMILES string of the molecule is COc1ccc([C@@H]2[C@@H](CO)OCCN2C(=O)Cc2c(C)[nH]c3ccccc23)cc1OC. The second-order valence-corrected chi connectivity index (χ2v) is 7.69. The van der Waals surface area contributed by atoms with Crippen molar-refractivity contribution in [3.8, 4) is 11.5 Å². The first-order chi connectivity index (χ1) is 15.1. The molecule has 1 saturated heterocycles. The number of aryl methyl sites for hydroxylation is 1. The van der Waals surface area contributed by atoms with Crippen molar-refractivity contribution in [2.45, 2.75) is 25.5 Å². The fourth-order valence-electron chi connectivity index (χ4n) is 4.41. The number of aromatic nitrogens is 1. The van der Waals surface area contributed by atoms with Crippen LogP contribution in [-0.4, -0.2) is 61.0 Å². The molecule has 0 unspecified atom stereocenters. The number of nitrogens with one attached hydrogen (secondary N) is 1.